The Balaban J connectivity index is 2.18. The number of ether oxygens (including phenoxy) is 1. The lowest BCUT2D eigenvalue weighted by Gasteiger charge is -2.35. The van der Waals surface area contributed by atoms with E-state index in [1.165, 1.54) is 0 Å². The molecule has 1 fully saturated rings. The fourth-order valence-corrected chi connectivity index (χ4v) is 3.24. The molecular formula is C17H25N5O2. The van der Waals surface area contributed by atoms with Crippen LogP contribution in [-0.4, -0.2) is 65.5 Å². The average Bonchev–Trinajstić information content (AvgIpc) is 2.91. The van der Waals surface area contributed by atoms with Crippen molar-refractivity contribution in [2.24, 2.45) is 0 Å². The van der Waals surface area contributed by atoms with Crippen LogP contribution in [0.15, 0.2) is 6.20 Å². The third-order valence-corrected chi connectivity index (χ3v) is 4.52. The molecule has 1 aliphatic rings. The SMILES string of the molecule is CCOC(=O)c1cnc2c(c(C)nn2CC)c1N1CCN(C)CC1. The van der Waals surface area contributed by atoms with Crippen LogP contribution in [0.1, 0.15) is 29.9 Å². The van der Waals surface area contributed by atoms with E-state index >= 15 is 0 Å². The lowest BCUT2D eigenvalue weighted by atomic mass is 10.1. The molecule has 0 aromatic carbocycles. The van der Waals surface area contributed by atoms with E-state index in [-0.39, 0.29) is 5.97 Å². The smallest absolute Gasteiger partial charge is 0.341 e. The van der Waals surface area contributed by atoms with Gasteiger partial charge in [-0.25, -0.2) is 14.5 Å². The van der Waals surface area contributed by atoms with Gasteiger partial charge in [0.25, 0.3) is 0 Å². The Labute approximate surface area is 142 Å². The molecule has 0 radical (unpaired) electrons. The summed E-state index contributed by atoms with van der Waals surface area (Å²) in [6, 6.07) is 0. The van der Waals surface area contributed by atoms with Gasteiger partial charge in [-0.05, 0) is 27.8 Å². The van der Waals surface area contributed by atoms with E-state index in [0.29, 0.717) is 12.2 Å². The second-order valence-corrected chi connectivity index (χ2v) is 6.13. The molecule has 1 aliphatic heterocycles. The van der Waals surface area contributed by atoms with Crippen LogP contribution in [0.5, 0.6) is 0 Å². The van der Waals surface area contributed by atoms with Crippen LogP contribution in [0.3, 0.4) is 0 Å². The van der Waals surface area contributed by atoms with Crippen LogP contribution in [0.4, 0.5) is 5.69 Å². The fourth-order valence-electron chi connectivity index (χ4n) is 3.24. The first kappa shape index (κ1) is 16.7. The summed E-state index contributed by atoms with van der Waals surface area (Å²) in [4.78, 5) is 21.5. The van der Waals surface area contributed by atoms with Gasteiger partial charge in [-0.3, -0.25) is 0 Å². The summed E-state index contributed by atoms with van der Waals surface area (Å²) in [6.07, 6.45) is 1.64. The molecule has 0 spiro atoms. The third-order valence-electron chi connectivity index (χ3n) is 4.52. The predicted octanol–water partition coefficient (Wildman–Crippen LogP) is 1.69. The molecule has 0 atom stereocenters. The second kappa shape index (κ2) is 6.76. The number of anilines is 1. The van der Waals surface area contributed by atoms with E-state index < -0.39 is 0 Å². The van der Waals surface area contributed by atoms with Gasteiger partial charge in [0, 0.05) is 38.9 Å². The predicted molar refractivity (Wildman–Crippen MR) is 93.6 cm³/mol. The highest BCUT2D eigenvalue weighted by Gasteiger charge is 2.26. The molecule has 0 aliphatic carbocycles. The maximum atomic E-state index is 12.5. The molecule has 3 heterocycles. The van der Waals surface area contributed by atoms with E-state index in [4.69, 9.17) is 4.74 Å². The van der Waals surface area contributed by atoms with Crippen LogP contribution in [0.25, 0.3) is 11.0 Å². The quantitative estimate of drug-likeness (QED) is 0.795. The van der Waals surface area contributed by atoms with Crippen LogP contribution in [0, 0.1) is 6.92 Å². The summed E-state index contributed by atoms with van der Waals surface area (Å²) in [6.45, 7) is 10.6. The molecule has 24 heavy (non-hydrogen) atoms. The largest absolute Gasteiger partial charge is 0.462 e. The molecule has 2 aromatic heterocycles. The Bertz CT molecular complexity index is 747. The number of pyridine rings is 1. The summed E-state index contributed by atoms with van der Waals surface area (Å²) < 4.78 is 7.15. The fraction of sp³-hybridized carbons (Fsp3) is 0.588. The summed E-state index contributed by atoms with van der Waals surface area (Å²) >= 11 is 0. The molecular weight excluding hydrogens is 306 g/mol. The molecule has 0 unspecified atom stereocenters. The van der Waals surface area contributed by atoms with Gasteiger partial charge in [-0.2, -0.15) is 5.10 Å². The molecule has 7 nitrogen and oxygen atoms in total. The Morgan fingerprint density at radius 2 is 1.96 bits per heavy atom. The minimum absolute atomic E-state index is 0.315. The number of likely N-dealkylation sites (N-methyl/N-ethyl adjacent to an activating group) is 1. The van der Waals surface area contributed by atoms with Crippen molar-refractivity contribution >= 4 is 22.7 Å². The van der Waals surface area contributed by atoms with Crippen LogP contribution in [-0.2, 0) is 11.3 Å². The summed E-state index contributed by atoms with van der Waals surface area (Å²) in [5.74, 6) is -0.315. The van der Waals surface area contributed by atoms with Crippen molar-refractivity contribution in [2.75, 3.05) is 44.7 Å². The van der Waals surface area contributed by atoms with Crippen molar-refractivity contribution in [3.05, 3.63) is 17.5 Å². The van der Waals surface area contributed by atoms with E-state index in [1.807, 2.05) is 25.5 Å². The number of aryl methyl sites for hydroxylation is 2. The zero-order valence-electron chi connectivity index (χ0n) is 14.9. The number of carbonyl (C=O) groups excluding carboxylic acids is 1. The number of piperazine rings is 1. The Hall–Kier alpha value is -2.15. The standard InChI is InChI=1S/C17H25N5O2/c1-5-22-16-14(12(3)19-22)15(21-9-7-20(4)8-10-21)13(11-18-16)17(23)24-6-2/h11H,5-10H2,1-4H3. The van der Waals surface area contributed by atoms with Crippen LogP contribution >= 0.6 is 0 Å². The lowest BCUT2D eigenvalue weighted by molar-refractivity contribution is 0.0526. The van der Waals surface area contributed by atoms with Crippen molar-refractivity contribution in [3.63, 3.8) is 0 Å². The number of fused-ring (bicyclic) bond motifs is 1. The first-order valence-electron chi connectivity index (χ1n) is 8.53. The summed E-state index contributed by atoms with van der Waals surface area (Å²) in [5, 5.41) is 5.55. The minimum atomic E-state index is -0.315. The lowest BCUT2D eigenvalue weighted by Crippen LogP contribution is -2.45. The van der Waals surface area contributed by atoms with E-state index in [9.17, 15) is 4.79 Å². The summed E-state index contributed by atoms with van der Waals surface area (Å²) in [7, 11) is 2.12. The normalized spacial score (nSPS) is 15.9. The Morgan fingerprint density at radius 1 is 1.25 bits per heavy atom. The van der Waals surface area contributed by atoms with Crippen molar-refractivity contribution < 1.29 is 9.53 Å². The van der Waals surface area contributed by atoms with Crippen molar-refractivity contribution in [2.45, 2.75) is 27.3 Å². The molecule has 0 bridgehead atoms. The molecule has 0 saturated carbocycles. The number of esters is 1. The van der Waals surface area contributed by atoms with Crippen LogP contribution < -0.4 is 4.90 Å². The van der Waals surface area contributed by atoms with Crippen LogP contribution in [0.2, 0.25) is 0 Å². The maximum Gasteiger partial charge on any atom is 0.341 e. The highest BCUT2D eigenvalue weighted by molar-refractivity contribution is 6.05. The van der Waals surface area contributed by atoms with E-state index in [0.717, 1.165) is 55.1 Å². The summed E-state index contributed by atoms with van der Waals surface area (Å²) in [5.41, 5.74) is 3.19. The zero-order valence-corrected chi connectivity index (χ0v) is 14.9. The van der Waals surface area contributed by atoms with Crippen molar-refractivity contribution in [1.82, 2.24) is 19.7 Å². The first-order chi connectivity index (χ1) is 11.6. The molecule has 0 N–H and O–H groups in total. The number of hydrogen-bond donors (Lipinski definition) is 0. The maximum absolute atomic E-state index is 12.5. The van der Waals surface area contributed by atoms with Crippen molar-refractivity contribution in [1.29, 1.82) is 0 Å². The van der Waals surface area contributed by atoms with Crippen molar-refractivity contribution in [3.8, 4) is 0 Å². The van der Waals surface area contributed by atoms with Gasteiger partial charge in [0.1, 0.15) is 5.56 Å². The number of aromatic nitrogens is 3. The van der Waals surface area contributed by atoms with Gasteiger partial charge in [0.2, 0.25) is 0 Å². The van der Waals surface area contributed by atoms with Gasteiger partial charge in [0.05, 0.1) is 23.4 Å². The van der Waals surface area contributed by atoms with E-state index in [1.54, 1.807) is 6.20 Å². The zero-order chi connectivity index (χ0) is 17.3. The number of hydrogen-bond acceptors (Lipinski definition) is 6. The Kier molecular flexibility index (Phi) is 4.71. The van der Waals surface area contributed by atoms with Gasteiger partial charge in [-0.1, -0.05) is 0 Å². The third kappa shape index (κ3) is 2.84. The molecule has 130 valence electrons. The van der Waals surface area contributed by atoms with Gasteiger partial charge in [0.15, 0.2) is 5.65 Å². The highest BCUT2D eigenvalue weighted by Crippen LogP contribution is 2.33. The molecule has 0 amide bonds. The molecule has 2 aromatic rings. The Morgan fingerprint density at radius 3 is 2.58 bits per heavy atom. The number of rotatable bonds is 4. The number of nitrogens with zero attached hydrogens (tertiary/aromatic N) is 5. The van der Waals surface area contributed by atoms with Gasteiger partial charge >= 0.3 is 5.97 Å². The van der Waals surface area contributed by atoms with Gasteiger partial charge < -0.3 is 14.5 Å². The van der Waals surface area contributed by atoms with Gasteiger partial charge in [-0.15, -0.1) is 0 Å². The molecule has 3 rings (SSSR count). The highest BCUT2D eigenvalue weighted by atomic mass is 16.5. The first-order valence-corrected chi connectivity index (χ1v) is 8.53. The second-order valence-electron chi connectivity index (χ2n) is 6.13. The van der Waals surface area contributed by atoms with E-state index in [2.05, 4.69) is 26.9 Å². The molecule has 1 saturated heterocycles. The average molecular weight is 331 g/mol. The monoisotopic (exact) mass is 331 g/mol. The topological polar surface area (TPSA) is 63.5 Å². The minimum Gasteiger partial charge on any atom is -0.462 e. The number of carbonyl (C=O) groups is 1. The molecule has 7 heteroatoms.